The lowest BCUT2D eigenvalue weighted by Gasteiger charge is -2.22. The number of carboxylic acid groups (broad SMARTS) is 1. The molecular formula is C13H16O4. The third-order valence-corrected chi connectivity index (χ3v) is 3.06. The molecule has 1 N–H and O–H groups in total. The van der Waals surface area contributed by atoms with E-state index in [9.17, 15) is 4.79 Å². The Bertz CT molecular complexity index is 441. The maximum Gasteiger partial charge on any atom is 0.303 e. The summed E-state index contributed by atoms with van der Waals surface area (Å²) in [5, 5.41) is 8.71. The van der Waals surface area contributed by atoms with Crippen LogP contribution in [0.3, 0.4) is 0 Å². The van der Waals surface area contributed by atoms with Gasteiger partial charge in [-0.25, -0.2) is 0 Å². The van der Waals surface area contributed by atoms with Crippen LogP contribution >= 0.6 is 0 Å². The summed E-state index contributed by atoms with van der Waals surface area (Å²) in [6.07, 6.45) is 1.39. The van der Waals surface area contributed by atoms with Crippen molar-refractivity contribution < 1.29 is 19.4 Å². The van der Waals surface area contributed by atoms with Gasteiger partial charge in [-0.05, 0) is 25.0 Å². The number of hydrogen-bond donors (Lipinski definition) is 1. The molecule has 0 saturated carbocycles. The van der Waals surface area contributed by atoms with Crippen LogP contribution < -0.4 is 9.47 Å². The summed E-state index contributed by atoms with van der Waals surface area (Å²) < 4.78 is 11.0. The number of benzene rings is 1. The summed E-state index contributed by atoms with van der Waals surface area (Å²) in [4.78, 5) is 10.6. The maximum absolute atomic E-state index is 10.6. The van der Waals surface area contributed by atoms with Crippen molar-refractivity contribution in [3.63, 3.8) is 0 Å². The van der Waals surface area contributed by atoms with Gasteiger partial charge in [0.1, 0.15) is 17.1 Å². The third kappa shape index (κ3) is 2.52. The zero-order valence-electron chi connectivity index (χ0n) is 10.0. The van der Waals surface area contributed by atoms with Crippen molar-refractivity contribution in [2.24, 2.45) is 0 Å². The SMILES string of the molecule is COc1ccc2c(c1)OC(C)(CCC(=O)O)C2. The summed E-state index contributed by atoms with van der Waals surface area (Å²) in [5.74, 6) is 0.770. The Morgan fingerprint density at radius 2 is 2.35 bits per heavy atom. The van der Waals surface area contributed by atoms with Crippen molar-refractivity contribution in [3.8, 4) is 11.5 Å². The Labute approximate surface area is 100 Å². The minimum atomic E-state index is -0.789. The number of aliphatic carboxylic acids is 1. The normalized spacial score (nSPS) is 21.8. The summed E-state index contributed by atoms with van der Waals surface area (Å²) in [6, 6.07) is 5.71. The number of rotatable bonds is 4. The molecule has 92 valence electrons. The summed E-state index contributed by atoms with van der Waals surface area (Å²) in [6.45, 7) is 1.95. The van der Waals surface area contributed by atoms with E-state index < -0.39 is 11.6 Å². The van der Waals surface area contributed by atoms with Crippen LogP contribution in [0.2, 0.25) is 0 Å². The second-order valence-corrected chi connectivity index (χ2v) is 4.60. The lowest BCUT2D eigenvalue weighted by Crippen LogP contribution is -2.30. The Balaban J connectivity index is 2.11. The van der Waals surface area contributed by atoms with Crippen LogP contribution in [0.25, 0.3) is 0 Å². The van der Waals surface area contributed by atoms with Crippen molar-refractivity contribution in [1.29, 1.82) is 0 Å². The number of methoxy groups -OCH3 is 1. The molecule has 0 spiro atoms. The molecular weight excluding hydrogens is 220 g/mol. The number of hydrogen-bond acceptors (Lipinski definition) is 3. The van der Waals surface area contributed by atoms with Crippen LogP contribution in [-0.2, 0) is 11.2 Å². The minimum absolute atomic E-state index is 0.127. The first-order valence-electron chi connectivity index (χ1n) is 5.60. The van der Waals surface area contributed by atoms with Gasteiger partial charge >= 0.3 is 5.97 Å². The zero-order chi connectivity index (χ0) is 12.5. The summed E-state index contributed by atoms with van der Waals surface area (Å²) in [5.41, 5.74) is 0.700. The molecule has 17 heavy (non-hydrogen) atoms. The lowest BCUT2D eigenvalue weighted by molar-refractivity contribution is -0.138. The van der Waals surface area contributed by atoms with Gasteiger partial charge in [0.25, 0.3) is 0 Å². The van der Waals surface area contributed by atoms with Gasteiger partial charge in [0, 0.05) is 18.9 Å². The monoisotopic (exact) mass is 236 g/mol. The van der Waals surface area contributed by atoms with E-state index in [4.69, 9.17) is 14.6 Å². The van der Waals surface area contributed by atoms with Crippen LogP contribution in [0.5, 0.6) is 11.5 Å². The highest BCUT2D eigenvalue weighted by Crippen LogP contribution is 2.39. The fraction of sp³-hybridized carbons (Fsp3) is 0.462. The number of carbonyl (C=O) groups is 1. The predicted molar refractivity (Wildman–Crippen MR) is 62.6 cm³/mol. The van der Waals surface area contributed by atoms with Gasteiger partial charge in [-0.15, -0.1) is 0 Å². The molecule has 1 aliphatic rings. The van der Waals surface area contributed by atoms with E-state index in [1.54, 1.807) is 7.11 Å². The number of fused-ring (bicyclic) bond motifs is 1. The van der Waals surface area contributed by atoms with E-state index in [1.807, 2.05) is 25.1 Å². The maximum atomic E-state index is 10.6. The number of carboxylic acids is 1. The molecule has 2 rings (SSSR count). The molecule has 4 heteroatoms. The molecule has 0 fully saturated rings. The van der Waals surface area contributed by atoms with E-state index >= 15 is 0 Å². The number of ether oxygens (including phenoxy) is 2. The molecule has 4 nitrogen and oxygen atoms in total. The molecule has 0 radical (unpaired) electrons. The fourth-order valence-electron chi connectivity index (χ4n) is 2.12. The van der Waals surface area contributed by atoms with E-state index in [1.165, 1.54) is 0 Å². The molecule has 0 aliphatic carbocycles. The van der Waals surface area contributed by atoms with Gasteiger partial charge in [0.15, 0.2) is 0 Å². The van der Waals surface area contributed by atoms with E-state index in [0.29, 0.717) is 6.42 Å². The first-order valence-corrected chi connectivity index (χ1v) is 5.60. The topological polar surface area (TPSA) is 55.8 Å². The first-order chi connectivity index (χ1) is 8.02. The Kier molecular flexibility index (Phi) is 2.96. The molecule has 1 atom stereocenters. The predicted octanol–water partition coefficient (Wildman–Crippen LogP) is 2.25. The van der Waals surface area contributed by atoms with Crippen molar-refractivity contribution in [2.75, 3.05) is 7.11 Å². The Hall–Kier alpha value is -1.71. The van der Waals surface area contributed by atoms with Crippen LogP contribution in [0, 0.1) is 0 Å². The molecule has 1 heterocycles. The fourth-order valence-corrected chi connectivity index (χ4v) is 2.12. The molecule has 1 aromatic rings. The first kappa shape index (κ1) is 11.8. The van der Waals surface area contributed by atoms with Gasteiger partial charge in [-0.1, -0.05) is 6.07 Å². The average Bonchev–Trinajstić information content (AvgIpc) is 2.62. The molecule has 1 unspecified atom stereocenters. The van der Waals surface area contributed by atoms with E-state index in [-0.39, 0.29) is 6.42 Å². The van der Waals surface area contributed by atoms with Crippen molar-refractivity contribution in [3.05, 3.63) is 23.8 Å². The molecule has 0 amide bonds. The third-order valence-electron chi connectivity index (χ3n) is 3.06. The van der Waals surface area contributed by atoms with Crippen molar-refractivity contribution in [2.45, 2.75) is 31.8 Å². The van der Waals surface area contributed by atoms with Gasteiger partial charge in [0.2, 0.25) is 0 Å². The van der Waals surface area contributed by atoms with Crippen LogP contribution in [0.15, 0.2) is 18.2 Å². The quantitative estimate of drug-likeness (QED) is 0.871. The largest absolute Gasteiger partial charge is 0.497 e. The summed E-state index contributed by atoms with van der Waals surface area (Å²) in [7, 11) is 1.61. The molecule has 1 aliphatic heterocycles. The minimum Gasteiger partial charge on any atom is -0.497 e. The lowest BCUT2D eigenvalue weighted by atomic mass is 9.94. The molecule has 1 aromatic carbocycles. The Morgan fingerprint density at radius 1 is 1.59 bits per heavy atom. The van der Waals surface area contributed by atoms with Crippen LogP contribution in [0.1, 0.15) is 25.3 Å². The van der Waals surface area contributed by atoms with Crippen LogP contribution in [-0.4, -0.2) is 23.8 Å². The van der Waals surface area contributed by atoms with Crippen molar-refractivity contribution >= 4 is 5.97 Å². The van der Waals surface area contributed by atoms with Gasteiger partial charge in [-0.2, -0.15) is 0 Å². The highest BCUT2D eigenvalue weighted by molar-refractivity contribution is 5.66. The Morgan fingerprint density at radius 3 is 3.00 bits per heavy atom. The summed E-state index contributed by atoms with van der Waals surface area (Å²) >= 11 is 0. The van der Waals surface area contributed by atoms with Crippen LogP contribution in [0.4, 0.5) is 0 Å². The second kappa shape index (κ2) is 4.28. The van der Waals surface area contributed by atoms with Crippen molar-refractivity contribution in [1.82, 2.24) is 0 Å². The second-order valence-electron chi connectivity index (χ2n) is 4.60. The van der Waals surface area contributed by atoms with E-state index in [0.717, 1.165) is 23.5 Å². The molecule has 0 aromatic heterocycles. The van der Waals surface area contributed by atoms with Gasteiger partial charge in [0.05, 0.1) is 7.11 Å². The molecule has 0 bridgehead atoms. The standard InChI is InChI=1S/C13H16O4/c1-13(6-5-12(14)15)8-9-3-4-10(16-2)7-11(9)17-13/h3-4,7H,5-6,8H2,1-2H3,(H,14,15). The van der Waals surface area contributed by atoms with E-state index in [2.05, 4.69) is 0 Å². The van der Waals surface area contributed by atoms with Gasteiger partial charge in [-0.3, -0.25) is 4.79 Å². The van der Waals surface area contributed by atoms with Gasteiger partial charge < -0.3 is 14.6 Å². The zero-order valence-corrected chi connectivity index (χ0v) is 10.0. The smallest absolute Gasteiger partial charge is 0.303 e. The highest BCUT2D eigenvalue weighted by Gasteiger charge is 2.35. The average molecular weight is 236 g/mol. The highest BCUT2D eigenvalue weighted by atomic mass is 16.5. The molecule has 0 saturated heterocycles.